The van der Waals surface area contributed by atoms with Gasteiger partial charge in [0.2, 0.25) is 0 Å². The quantitative estimate of drug-likeness (QED) is 0.306. The fourth-order valence-corrected chi connectivity index (χ4v) is 4.79. The van der Waals surface area contributed by atoms with E-state index in [4.69, 9.17) is 9.47 Å². The van der Waals surface area contributed by atoms with Crippen LogP contribution in [-0.2, 0) is 19.1 Å². The Morgan fingerprint density at radius 1 is 0.844 bits per heavy atom. The van der Waals surface area contributed by atoms with Gasteiger partial charge in [-0.1, -0.05) is 13.3 Å². The van der Waals surface area contributed by atoms with Crippen molar-refractivity contribution >= 4 is 11.9 Å². The number of carbonyl (C=O) groups excluding carboxylic acids is 2. The van der Waals surface area contributed by atoms with E-state index in [1.165, 1.54) is 0 Å². The second-order valence-electron chi connectivity index (χ2n) is 10.0. The highest BCUT2D eigenvalue weighted by atomic mass is 16.5. The summed E-state index contributed by atoms with van der Waals surface area (Å²) in [5.41, 5.74) is 0. The first kappa shape index (κ1) is 27.1. The Kier molecular flexibility index (Phi) is 12.6. The summed E-state index contributed by atoms with van der Waals surface area (Å²) in [5, 5.41) is 21.9. The van der Waals surface area contributed by atoms with Crippen LogP contribution >= 0.6 is 0 Å². The minimum absolute atomic E-state index is 0.0214. The van der Waals surface area contributed by atoms with Crippen molar-refractivity contribution in [3.05, 3.63) is 0 Å². The SMILES string of the molecule is CCC(C)NC(CC(=O)OCC1CCC(CO)CC1)C(=O)OCC1CCCC(CO)CC1. The van der Waals surface area contributed by atoms with Gasteiger partial charge in [0.1, 0.15) is 6.04 Å². The number of hydrogen-bond donors (Lipinski definition) is 3. The highest BCUT2D eigenvalue weighted by Crippen LogP contribution is 2.29. The van der Waals surface area contributed by atoms with E-state index in [9.17, 15) is 19.8 Å². The lowest BCUT2D eigenvalue weighted by Crippen LogP contribution is -2.44. The summed E-state index contributed by atoms with van der Waals surface area (Å²) in [7, 11) is 0. The zero-order chi connectivity index (χ0) is 23.3. The first-order valence-corrected chi connectivity index (χ1v) is 12.7. The number of ether oxygens (including phenoxy) is 2. The van der Waals surface area contributed by atoms with Crippen molar-refractivity contribution < 1.29 is 29.3 Å². The molecule has 0 heterocycles. The first-order valence-electron chi connectivity index (χ1n) is 12.7. The summed E-state index contributed by atoms with van der Waals surface area (Å²) < 4.78 is 11.1. The van der Waals surface area contributed by atoms with Gasteiger partial charge in [-0.3, -0.25) is 9.59 Å². The van der Waals surface area contributed by atoms with Crippen LogP contribution in [0.15, 0.2) is 0 Å². The largest absolute Gasteiger partial charge is 0.465 e. The summed E-state index contributed by atoms with van der Waals surface area (Å²) in [5.74, 6) is 0.655. The van der Waals surface area contributed by atoms with Crippen molar-refractivity contribution in [3.63, 3.8) is 0 Å². The molecule has 186 valence electrons. The second-order valence-corrected chi connectivity index (χ2v) is 10.0. The van der Waals surface area contributed by atoms with Gasteiger partial charge in [0.25, 0.3) is 0 Å². The van der Waals surface area contributed by atoms with Gasteiger partial charge in [0, 0.05) is 19.3 Å². The zero-order valence-corrected chi connectivity index (χ0v) is 20.1. The van der Waals surface area contributed by atoms with Crippen LogP contribution in [0.2, 0.25) is 0 Å². The molecular formula is C25H45NO6. The number of carbonyl (C=O) groups is 2. The average Bonchev–Trinajstić information content (AvgIpc) is 3.06. The van der Waals surface area contributed by atoms with E-state index in [1.54, 1.807) is 0 Å². The van der Waals surface area contributed by atoms with Crippen LogP contribution in [0, 0.1) is 23.7 Å². The predicted octanol–water partition coefficient (Wildman–Crippen LogP) is 3.21. The van der Waals surface area contributed by atoms with E-state index in [-0.39, 0.29) is 37.6 Å². The maximum atomic E-state index is 12.8. The fourth-order valence-electron chi connectivity index (χ4n) is 4.79. The average molecular weight is 456 g/mol. The highest BCUT2D eigenvalue weighted by Gasteiger charge is 2.28. The molecule has 32 heavy (non-hydrogen) atoms. The molecule has 2 rings (SSSR count). The molecule has 0 saturated heterocycles. The molecule has 0 radical (unpaired) electrons. The third-order valence-corrected chi connectivity index (χ3v) is 7.39. The number of hydrogen-bond acceptors (Lipinski definition) is 7. The normalized spacial score (nSPS) is 28.4. The smallest absolute Gasteiger partial charge is 0.323 e. The van der Waals surface area contributed by atoms with Crippen molar-refractivity contribution in [1.82, 2.24) is 5.32 Å². The topological polar surface area (TPSA) is 105 Å². The van der Waals surface area contributed by atoms with Crippen molar-refractivity contribution in [3.8, 4) is 0 Å². The number of nitrogens with one attached hydrogen (secondary N) is 1. The number of aliphatic hydroxyl groups is 2. The lowest BCUT2D eigenvalue weighted by molar-refractivity contribution is -0.154. The molecule has 0 amide bonds. The number of aliphatic hydroxyl groups excluding tert-OH is 2. The van der Waals surface area contributed by atoms with E-state index in [2.05, 4.69) is 5.32 Å². The van der Waals surface area contributed by atoms with Crippen LogP contribution in [0.3, 0.4) is 0 Å². The minimum Gasteiger partial charge on any atom is -0.465 e. The van der Waals surface area contributed by atoms with Gasteiger partial charge in [0.05, 0.1) is 19.6 Å². The van der Waals surface area contributed by atoms with Gasteiger partial charge >= 0.3 is 11.9 Å². The number of rotatable bonds is 12. The predicted molar refractivity (Wildman–Crippen MR) is 123 cm³/mol. The van der Waals surface area contributed by atoms with Gasteiger partial charge in [-0.05, 0) is 88.4 Å². The van der Waals surface area contributed by atoms with Gasteiger partial charge in [0.15, 0.2) is 0 Å². The molecule has 7 heteroatoms. The summed E-state index contributed by atoms with van der Waals surface area (Å²) in [4.78, 5) is 25.3. The molecule has 2 aliphatic carbocycles. The van der Waals surface area contributed by atoms with Gasteiger partial charge in [-0.15, -0.1) is 0 Å². The van der Waals surface area contributed by atoms with Gasteiger partial charge in [-0.2, -0.15) is 0 Å². The molecule has 2 saturated carbocycles. The Morgan fingerprint density at radius 3 is 1.94 bits per heavy atom. The third-order valence-electron chi connectivity index (χ3n) is 7.39. The Morgan fingerprint density at radius 2 is 1.34 bits per heavy atom. The minimum atomic E-state index is -0.696. The third kappa shape index (κ3) is 9.75. The molecule has 0 bridgehead atoms. The van der Waals surface area contributed by atoms with Crippen LogP contribution in [0.5, 0.6) is 0 Å². The molecular weight excluding hydrogens is 410 g/mol. The summed E-state index contributed by atoms with van der Waals surface area (Å²) in [6.07, 6.45) is 9.73. The Bertz CT molecular complexity index is 549. The lowest BCUT2D eigenvalue weighted by Gasteiger charge is -2.27. The van der Waals surface area contributed by atoms with Crippen molar-refractivity contribution in [2.75, 3.05) is 26.4 Å². The van der Waals surface area contributed by atoms with E-state index in [0.29, 0.717) is 36.9 Å². The van der Waals surface area contributed by atoms with Crippen LogP contribution < -0.4 is 5.32 Å². The summed E-state index contributed by atoms with van der Waals surface area (Å²) >= 11 is 0. The monoisotopic (exact) mass is 455 g/mol. The molecule has 0 spiro atoms. The van der Waals surface area contributed by atoms with E-state index in [1.807, 2.05) is 13.8 Å². The maximum absolute atomic E-state index is 12.8. The Hall–Kier alpha value is -1.18. The van der Waals surface area contributed by atoms with Crippen molar-refractivity contribution in [2.24, 2.45) is 23.7 Å². The molecule has 0 aliphatic heterocycles. The lowest BCUT2D eigenvalue weighted by atomic mass is 9.83. The van der Waals surface area contributed by atoms with E-state index in [0.717, 1.165) is 64.2 Å². The van der Waals surface area contributed by atoms with E-state index < -0.39 is 6.04 Å². The summed E-state index contributed by atoms with van der Waals surface area (Å²) in [6, 6.07) is -0.601. The molecule has 0 aromatic rings. The molecule has 4 unspecified atom stereocenters. The molecule has 0 aromatic carbocycles. The second kappa shape index (κ2) is 14.9. The Balaban J connectivity index is 1.78. The fraction of sp³-hybridized carbons (Fsp3) is 0.920. The Labute approximate surface area is 193 Å². The standard InChI is InChI=1S/C25H45NO6/c1-3-18(2)26-23(13-24(29)31-16-22-11-8-20(15-28)9-12-22)25(30)32-17-21-6-4-5-19(14-27)7-10-21/h18-23,26-28H,3-17H2,1-2H3. The summed E-state index contributed by atoms with van der Waals surface area (Å²) in [6.45, 7) is 5.25. The molecule has 7 nitrogen and oxygen atoms in total. The van der Waals surface area contributed by atoms with Crippen molar-refractivity contribution in [1.29, 1.82) is 0 Å². The zero-order valence-electron chi connectivity index (χ0n) is 20.1. The van der Waals surface area contributed by atoms with Crippen LogP contribution in [0.25, 0.3) is 0 Å². The first-order chi connectivity index (χ1) is 15.4. The molecule has 4 atom stereocenters. The van der Waals surface area contributed by atoms with Crippen molar-refractivity contribution in [2.45, 2.75) is 96.6 Å². The molecule has 3 N–H and O–H groups in total. The molecule has 0 aromatic heterocycles. The van der Waals surface area contributed by atoms with E-state index >= 15 is 0 Å². The maximum Gasteiger partial charge on any atom is 0.323 e. The number of esters is 2. The van der Waals surface area contributed by atoms with Gasteiger partial charge < -0.3 is 25.0 Å². The van der Waals surface area contributed by atoms with Crippen LogP contribution in [0.1, 0.15) is 84.5 Å². The molecule has 2 fully saturated rings. The highest BCUT2D eigenvalue weighted by molar-refractivity contribution is 5.82. The van der Waals surface area contributed by atoms with Crippen LogP contribution in [0.4, 0.5) is 0 Å². The molecule has 2 aliphatic rings. The van der Waals surface area contributed by atoms with Crippen LogP contribution in [-0.4, -0.2) is 60.7 Å². The van der Waals surface area contributed by atoms with Gasteiger partial charge in [-0.25, -0.2) is 0 Å².